The number of carbonyl (C=O) groups is 2. The average Bonchev–Trinajstić information content (AvgIpc) is 3.04. The van der Waals surface area contributed by atoms with Crippen molar-refractivity contribution in [1.29, 1.82) is 0 Å². The first-order valence-electron chi connectivity index (χ1n) is 6.49. The summed E-state index contributed by atoms with van der Waals surface area (Å²) in [7, 11) is 0. The molecule has 3 atom stereocenters. The van der Waals surface area contributed by atoms with Gasteiger partial charge in [0.1, 0.15) is 0 Å². The van der Waals surface area contributed by atoms with Gasteiger partial charge in [-0.15, -0.1) is 11.3 Å². The number of aromatic nitrogens is 1. The predicted octanol–water partition coefficient (Wildman–Crippen LogP) is 1.90. The summed E-state index contributed by atoms with van der Waals surface area (Å²) in [6.45, 7) is 2.42. The van der Waals surface area contributed by atoms with Crippen molar-refractivity contribution in [2.75, 3.05) is 0 Å². The van der Waals surface area contributed by atoms with Crippen molar-refractivity contribution < 1.29 is 14.7 Å². The number of nitrogens with one attached hydrogen (secondary N) is 1. The Kier molecular flexibility index (Phi) is 4.52. The molecule has 2 N–H and O–H groups in total. The normalized spacial score (nSPS) is 26.3. The van der Waals surface area contributed by atoms with Crippen LogP contribution < -0.4 is 5.32 Å². The summed E-state index contributed by atoms with van der Waals surface area (Å²) in [5, 5.41) is 13.9. The number of amides is 1. The molecule has 19 heavy (non-hydrogen) atoms. The Morgan fingerprint density at radius 2 is 2.21 bits per heavy atom. The fraction of sp³-hybridized carbons (Fsp3) is 0.615. The standard InChI is InChI=1S/C13H18N2O3S/c1-2-8-3-10(11(4-8)13(17)18)12(16)14-5-9-6-19-7-15-9/h6-8,10-11H,2-5H2,1H3,(H,14,16)(H,17,18)/t8?,10-,11+/m0/s1. The van der Waals surface area contributed by atoms with Crippen molar-refractivity contribution in [3.05, 3.63) is 16.6 Å². The zero-order valence-electron chi connectivity index (χ0n) is 10.8. The van der Waals surface area contributed by atoms with Crippen LogP contribution in [0.25, 0.3) is 0 Å². The minimum Gasteiger partial charge on any atom is -0.481 e. The SMILES string of the molecule is CCC1C[C@H](C(=O)NCc2cscn2)[C@H](C(=O)O)C1. The minimum absolute atomic E-state index is 0.156. The highest BCUT2D eigenvalue weighted by molar-refractivity contribution is 7.07. The lowest BCUT2D eigenvalue weighted by molar-refractivity contribution is -0.146. The van der Waals surface area contributed by atoms with E-state index in [0.717, 1.165) is 12.1 Å². The van der Waals surface area contributed by atoms with E-state index in [1.54, 1.807) is 5.51 Å². The van der Waals surface area contributed by atoms with E-state index in [-0.39, 0.29) is 5.91 Å². The molecule has 1 aromatic rings. The third-order valence-electron chi connectivity index (χ3n) is 3.82. The largest absolute Gasteiger partial charge is 0.481 e. The number of thiazole rings is 1. The number of aliphatic carboxylic acids is 1. The summed E-state index contributed by atoms with van der Waals surface area (Å²) in [5.41, 5.74) is 2.53. The summed E-state index contributed by atoms with van der Waals surface area (Å²) in [6.07, 6.45) is 2.22. The van der Waals surface area contributed by atoms with Crippen molar-refractivity contribution in [2.24, 2.45) is 17.8 Å². The Hall–Kier alpha value is -1.43. The minimum atomic E-state index is -0.857. The van der Waals surface area contributed by atoms with Crippen molar-refractivity contribution >= 4 is 23.2 Å². The first-order chi connectivity index (χ1) is 9.11. The molecule has 1 unspecified atom stereocenters. The fourth-order valence-electron chi connectivity index (χ4n) is 2.67. The highest BCUT2D eigenvalue weighted by atomic mass is 32.1. The van der Waals surface area contributed by atoms with Crippen LogP contribution in [0.4, 0.5) is 0 Å². The number of hydrogen-bond donors (Lipinski definition) is 2. The molecular formula is C13H18N2O3S. The average molecular weight is 282 g/mol. The molecule has 1 fully saturated rings. The van der Waals surface area contributed by atoms with Gasteiger partial charge < -0.3 is 10.4 Å². The molecule has 1 aliphatic carbocycles. The van der Waals surface area contributed by atoms with Gasteiger partial charge in [-0.05, 0) is 18.8 Å². The van der Waals surface area contributed by atoms with Gasteiger partial charge in [-0.2, -0.15) is 0 Å². The van der Waals surface area contributed by atoms with Gasteiger partial charge in [0.2, 0.25) is 5.91 Å². The van der Waals surface area contributed by atoms with Crippen molar-refractivity contribution in [3.8, 4) is 0 Å². The van der Waals surface area contributed by atoms with E-state index >= 15 is 0 Å². The Labute approximate surface area is 116 Å². The van der Waals surface area contributed by atoms with Gasteiger partial charge in [0.25, 0.3) is 0 Å². The van der Waals surface area contributed by atoms with Crippen LogP contribution in [0.1, 0.15) is 31.9 Å². The fourth-order valence-corrected chi connectivity index (χ4v) is 3.23. The molecule has 0 saturated heterocycles. The molecule has 5 nitrogen and oxygen atoms in total. The maximum absolute atomic E-state index is 12.1. The molecule has 1 aliphatic rings. The molecule has 0 bridgehead atoms. The summed E-state index contributed by atoms with van der Waals surface area (Å²) in [6, 6.07) is 0. The topological polar surface area (TPSA) is 79.3 Å². The second-order valence-corrected chi connectivity index (χ2v) is 5.71. The molecule has 1 saturated carbocycles. The van der Waals surface area contributed by atoms with Gasteiger partial charge in [0.15, 0.2) is 0 Å². The number of carboxylic acid groups (broad SMARTS) is 1. The second kappa shape index (κ2) is 6.14. The number of rotatable bonds is 5. The molecule has 0 aromatic carbocycles. The third kappa shape index (κ3) is 3.32. The summed E-state index contributed by atoms with van der Waals surface area (Å²) >= 11 is 1.48. The van der Waals surface area contributed by atoms with Gasteiger partial charge in [-0.3, -0.25) is 9.59 Å². The van der Waals surface area contributed by atoms with Crippen LogP contribution in [0.2, 0.25) is 0 Å². The quantitative estimate of drug-likeness (QED) is 0.864. The Balaban J connectivity index is 1.94. The molecule has 0 spiro atoms. The molecule has 6 heteroatoms. The van der Waals surface area contributed by atoms with E-state index in [4.69, 9.17) is 0 Å². The molecule has 0 aliphatic heterocycles. The van der Waals surface area contributed by atoms with Gasteiger partial charge >= 0.3 is 5.97 Å². The smallest absolute Gasteiger partial charge is 0.307 e. The van der Waals surface area contributed by atoms with Crippen LogP contribution in [0.3, 0.4) is 0 Å². The molecule has 2 rings (SSSR count). The van der Waals surface area contributed by atoms with Gasteiger partial charge in [0, 0.05) is 5.38 Å². The molecule has 1 amide bonds. The molecular weight excluding hydrogens is 264 g/mol. The summed E-state index contributed by atoms with van der Waals surface area (Å²) in [4.78, 5) is 27.4. The van der Waals surface area contributed by atoms with Crippen LogP contribution in [-0.4, -0.2) is 22.0 Å². The van der Waals surface area contributed by atoms with E-state index in [0.29, 0.717) is 25.3 Å². The lowest BCUT2D eigenvalue weighted by Crippen LogP contribution is -2.35. The van der Waals surface area contributed by atoms with Crippen LogP contribution >= 0.6 is 11.3 Å². The number of carbonyl (C=O) groups excluding carboxylic acids is 1. The van der Waals surface area contributed by atoms with E-state index in [1.807, 2.05) is 12.3 Å². The zero-order valence-corrected chi connectivity index (χ0v) is 11.7. The van der Waals surface area contributed by atoms with E-state index in [1.165, 1.54) is 11.3 Å². The highest BCUT2D eigenvalue weighted by Gasteiger charge is 2.41. The molecule has 1 aromatic heterocycles. The predicted molar refractivity (Wildman–Crippen MR) is 71.6 cm³/mol. The van der Waals surface area contributed by atoms with E-state index < -0.39 is 17.8 Å². The summed E-state index contributed by atoms with van der Waals surface area (Å²) in [5.74, 6) is -1.61. The van der Waals surface area contributed by atoms with Gasteiger partial charge in [0.05, 0.1) is 29.6 Å². The first-order valence-corrected chi connectivity index (χ1v) is 7.43. The van der Waals surface area contributed by atoms with Crippen LogP contribution in [0, 0.1) is 17.8 Å². The number of hydrogen-bond acceptors (Lipinski definition) is 4. The molecule has 1 heterocycles. The third-order valence-corrected chi connectivity index (χ3v) is 4.45. The van der Waals surface area contributed by atoms with Crippen molar-refractivity contribution in [1.82, 2.24) is 10.3 Å². The highest BCUT2D eigenvalue weighted by Crippen LogP contribution is 2.38. The second-order valence-electron chi connectivity index (χ2n) is 4.99. The van der Waals surface area contributed by atoms with Crippen LogP contribution in [-0.2, 0) is 16.1 Å². The van der Waals surface area contributed by atoms with Crippen molar-refractivity contribution in [3.63, 3.8) is 0 Å². The van der Waals surface area contributed by atoms with Gasteiger partial charge in [-0.25, -0.2) is 4.98 Å². The number of nitrogens with zero attached hydrogens (tertiary/aromatic N) is 1. The van der Waals surface area contributed by atoms with E-state index in [9.17, 15) is 14.7 Å². The lowest BCUT2D eigenvalue weighted by Gasteiger charge is -2.14. The monoisotopic (exact) mass is 282 g/mol. The zero-order chi connectivity index (χ0) is 13.8. The Morgan fingerprint density at radius 3 is 2.79 bits per heavy atom. The Bertz CT molecular complexity index is 447. The maximum Gasteiger partial charge on any atom is 0.307 e. The van der Waals surface area contributed by atoms with E-state index in [2.05, 4.69) is 10.3 Å². The van der Waals surface area contributed by atoms with Crippen LogP contribution in [0.5, 0.6) is 0 Å². The number of carboxylic acids is 1. The van der Waals surface area contributed by atoms with Gasteiger partial charge in [-0.1, -0.05) is 13.3 Å². The Morgan fingerprint density at radius 1 is 1.47 bits per heavy atom. The van der Waals surface area contributed by atoms with Crippen molar-refractivity contribution in [2.45, 2.75) is 32.7 Å². The lowest BCUT2D eigenvalue weighted by atomic mass is 9.95. The molecule has 0 radical (unpaired) electrons. The van der Waals surface area contributed by atoms with Crippen LogP contribution in [0.15, 0.2) is 10.9 Å². The molecule has 104 valence electrons. The first kappa shape index (κ1) is 14.0. The summed E-state index contributed by atoms with van der Waals surface area (Å²) < 4.78 is 0. The maximum atomic E-state index is 12.1.